The molecule has 4 rings (SSSR count). The first-order chi connectivity index (χ1) is 14.0. The van der Waals surface area contributed by atoms with Gasteiger partial charge in [-0.25, -0.2) is 0 Å². The van der Waals surface area contributed by atoms with Crippen LogP contribution < -0.4 is 0 Å². The molecule has 0 aromatic carbocycles. The van der Waals surface area contributed by atoms with E-state index in [-0.39, 0.29) is 29.0 Å². The van der Waals surface area contributed by atoms with Gasteiger partial charge in [0, 0.05) is 0 Å². The predicted octanol–water partition coefficient (Wildman–Crippen LogP) is 6.89. The molecule has 0 aromatic heterocycles. The van der Waals surface area contributed by atoms with E-state index in [0.717, 1.165) is 43.4 Å². The molecular weight excluding hydrogens is 368 g/mol. The first kappa shape index (κ1) is 22.8. The number of aliphatic hydroxyl groups excluding tert-OH is 2. The molecule has 8 atom stereocenters. The Morgan fingerprint density at radius 1 is 0.933 bits per heavy atom. The second-order valence-electron chi connectivity index (χ2n) is 12.9. The van der Waals surface area contributed by atoms with Crippen LogP contribution in [0.4, 0.5) is 0 Å². The van der Waals surface area contributed by atoms with Gasteiger partial charge in [-0.3, -0.25) is 0 Å². The Bertz CT molecular complexity index is 680. The van der Waals surface area contributed by atoms with Gasteiger partial charge >= 0.3 is 0 Å². The number of allylic oxidation sites excluding steroid dienone is 1. The Morgan fingerprint density at radius 3 is 2.37 bits per heavy atom. The molecule has 0 spiro atoms. The summed E-state index contributed by atoms with van der Waals surface area (Å²) < 4.78 is 0. The first-order valence-corrected chi connectivity index (χ1v) is 13.1. The van der Waals surface area contributed by atoms with Gasteiger partial charge in [0.2, 0.25) is 0 Å². The van der Waals surface area contributed by atoms with Crippen molar-refractivity contribution >= 4 is 0 Å². The van der Waals surface area contributed by atoms with E-state index in [2.05, 4.69) is 41.5 Å². The summed E-state index contributed by atoms with van der Waals surface area (Å²) in [5.41, 5.74) is 4.09. The Hall–Kier alpha value is -0.340. The van der Waals surface area contributed by atoms with E-state index >= 15 is 0 Å². The highest BCUT2D eigenvalue weighted by Crippen LogP contribution is 2.71. The maximum atomic E-state index is 11.2. The number of rotatable bonds is 5. The molecule has 172 valence electrons. The Morgan fingerprint density at radius 2 is 1.67 bits per heavy atom. The van der Waals surface area contributed by atoms with Gasteiger partial charge in [-0.2, -0.15) is 0 Å². The van der Waals surface area contributed by atoms with Crippen molar-refractivity contribution in [1.29, 1.82) is 0 Å². The first-order valence-electron chi connectivity index (χ1n) is 13.1. The Balaban J connectivity index is 1.62. The third kappa shape index (κ3) is 3.35. The van der Waals surface area contributed by atoms with Crippen LogP contribution in [0.15, 0.2) is 11.1 Å². The van der Waals surface area contributed by atoms with Gasteiger partial charge in [-0.05, 0) is 91.3 Å². The van der Waals surface area contributed by atoms with Crippen LogP contribution in [0.1, 0.15) is 112 Å². The summed E-state index contributed by atoms with van der Waals surface area (Å²) in [6.07, 6.45) is 12.4. The van der Waals surface area contributed by atoms with Crippen molar-refractivity contribution in [2.45, 2.75) is 124 Å². The van der Waals surface area contributed by atoms with Crippen molar-refractivity contribution < 1.29 is 10.2 Å². The molecule has 4 aliphatic carbocycles. The largest absolute Gasteiger partial charge is 0.393 e. The molecule has 0 aromatic rings. The lowest BCUT2D eigenvalue weighted by Gasteiger charge is -2.59. The molecule has 0 heterocycles. The summed E-state index contributed by atoms with van der Waals surface area (Å²) >= 11 is 0. The zero-order valence-electron chi connectivity index (χ0n) is 20.6. The molecule has 0 bridgehead atoms. The summed E-state index contributed by atoms with van der Waals surface area (Å²) in [5.74, 6) is 2.69. The summed E-state index contributed by atoms with van der Waals surface area (Å²) in [7, 11) is 0. The predicted molar refractivity (Wildman–Crippen MR) is 125 cm³/mol. The van der Waals surface area contributed by atoms with E-state index in [1.165, 1.54) is 44.9 Å². The fourth-order valence-electron chi connectivity index (χ4n) is 8.85. The molecule has 0 amide bonds. The molecule has 0 saturated heterocycles. The third-order valence-corrected chi connectivity index (χ3v) is 11.0. The maximum Gasteiger partial charge on any atom is 0.0615 e. The van der Waals surface area contributed by atoms with Crippen LogP contribution in [0.5, 0.6) is 0 Å². The molecule has 2 heteroatoms. The maximum absolute atomic E-state index is 11.2. The quantitative estimate of drug-likeness (QED) is 0.479. The van der Waals surface area contributed by atoms with Crippen LogP contribution in [0, 0.1) is 39.9 Å². The van der Waals surface area contributed by atoms with Gasteiger partial charge in [0.05, 0.1) is 12.2 Å². The van der Waals surface area contributed by atoms with Gasteiger partial charge < -0.3 is 10.2 Å². The molecule has 0 aliphatic heterocycles. The smallest absolute Gasteiger partial charge is 0.0615 e. The lowest BCUT2D eigenvalue weighted by molar-refractivity contribution is -0.0607. The van der Waals surface area contributed by atoms with E-state index in [4.69, 9.17) is 0 Å². The molecule has 8 unspecified atom stereocenters. The monoisotopic (exact) mass is 416 g/mol. The third-order valence-electron chi connectivity index (χ3n) is 11.0. The zero-order chi connectivity index (χ0) is 21.9. The summed E-state index contributed by atoms with van der Waals surface area (Å²) in [6, 6.07) is 0. The highest BCUT2D eigenvalue weighted by atomic mass is 16.3. The van der Waals surface area contributed by atoms with Crippen LogP contribution in [-0.2, 0) is 0 Å². The second kappa shape index (κ2) is 7.91. The average molecular weight is 417 g/mol. The standard InChI is InChI=1S/C28H48O2/c1-18(2)8-7-9-19(3)21-11-14-28(6)23-17-25(30)24-16-20(29)10-13-26(24,4)22(23)12-15-27(21,28)5/h18-21,24-25,29-30H,7-17H2,1-6H3. The highest BCUT2D eigenvalue weighted by Gasteiger charge is 2.62. The number of hydrogen-bond donors (Lipinski definition) is 2. The number of aliphatic hydroxyl groups is 2. The lowest BCUT2D eigenvalue weighted by Crippen LogP contribution is -2.53. The molecule has 2 N–H and O–H groups in total. The zero-order valence-corrected chi connectivity index (χ0v) is 20.6. The average Bonchev–Trinajstić information content (AvgIpc) is 2.95. The van der Waals surface area contributed by atoms with Crippen molar-refractivity contribution in [3.05, 3.63) is 11.1 Å². The van der Waals surface area contributed by atoms with Crippen molar-refractivity contribution in [1.82, 2.24) is 0 Å². The van der Waals surface area contributed by atoms with E-state index in [1.54, 1.807) is 11.1 Å². The minimum atomic E-state index is -0.273. The lowest BCUT2D eigenvalue weighted by atomic mass is 9.46. The molecule has 0 radical (unpaired) electrons. The van der Waals surface area contributed by atoms with Crippen LogP contribution >= 0.6 is 0 Å². The summed E-state index contributed by atoms with van der Waals surface area (Å²) in [6.45, 7) is 14.8. The summed E-state index contributed by atoms with van der Waals surface area (Å²) in [5, 5.41) is 21.5. The normalized spacial score (nSPS) is 47.1. The minimum absolute atomic E-state index is 0.109. The molecule has 2 fully saturated rings. The van der Waals surface area contributed by atoms with E-state index in [9.17, 15) is 10.2 Å². The fourth-order valence-corrected chi connectivity index (χ4v) is 8.85. The summed E-state index contributed by atoms with van der Waals surface area (Å²) in [4.78, 5) is 0. The van der Waals surface area contributed by atoms with Gasteiger partial charge in [-0.15, -0.1) is 0 Å². The van der Waals surface area contributed by atoms with Crippen molar-refractivity contribution in [3.63, 3.8) is 0 Å². The molecule has 2 saturated carbocycles. The van der Waals surface area contributed by atoms with E-state index in [1.807, 2.05) is 0 Å². The van der Waals surface area contributed by atoms with Crippen molar-refractivity contribution in [2.24, 2.45) is 39.9 Å². The fraction of sp³-hybridized carbons (Fsp3) is 0.929. The Labute approximate surface area is 185 Å². The van der Waals surface area contributed by atoms with E-state index < -0.39 is 0 Å². The highest BCUT2D eigenvalue weighted by molar-refractivity contribution is 5.39. The Kier molecular flexibility index (Phi) is 6.02. The molecule has 30 heavy (non-hydrogen) atoms. The van der Waals surface area contributed by atoms with Gasteiger partial charge in [0.25, 0.3) is 0 Å². The number of hydrogen-bond acceptors (Lipinski definition) is 2. The molecule has 4 aliphatic rings. The van der Waals surface area contributed by atoms with Crippen molar-refractivity contribution in [3.8, 4) is 0 Å². The minimum Gasteiger partial charge on any atom is -0.393 e. The van der Waals surface area contributed by atoms with Gasteiger partial charge in [-0.1, -0.05) is 72.0 Å². The van der Waals surface area contributed by atoms with Gasteiger partial charge in [0.1, 0.15) is 0 Å². The van der Waals surface area contributed by atoms with Crippen LogP contribution in [0.2, 0.25) is 0 Å². The SMILES string of the molecule is CC(C)CCCC(C)C1CCC2(C)C3=C(CCC12C)C1(C)CCC(O)CC1C(O)C3. The van der Waals surface area contributed by atoms with E-state index in [0.29, 0.717) is 5.41 Å². The van der Waals surface area contributed by atoms with Crippen LogP contribution in [0.3, 0.4) is 0 Å². The van der Waals surface area contributed by atoms with Crippen LogP contribution in [-0.4, -0.2) is 22.4 Å². The molecule has 2 nitrogen and oxygen atoms in total. The topological polar surface area (TPSA) is 40.5 Å². The van der Waals surface area contributed by atoms with Gasteiger partial charge in [0.15, 0.2) is 0 Å². The van der Waals surface area contributed by atoms with Crippen molar-refractivity contribution in [2.75, 3.05) is 0 Å². The van der Waals surface area contributed by atoms with Crippen LogP contribution in [0.25, 0.3) is 0 Å². The molecular formula is C28H48O2. The second-order valence-corrected chi connectivity index (χ2v) is 12.9. The number of fused-ring (bicyclic) bond motifs is 4.